The Morgan fingerprint density at radius 2 is 2.36 bits per heavy atom. The average Bonchev–Trinajstić information content (AvgIpc) is 2.50. The Hall–Kier alpha value is -1.17. The molecule has 0 spiro atoms. The van der Waals surface area contributed by atoms with Crippen molar-refractivity contribution in [2.45, 2.75) is 26.2 Å². The third-order valence-corrected chi connectivity index (χ3v) is 2.39. The smallest absolute Gasteiger partial charge is 0.303 e. The van der Waals surface area contributed by atoms with Crippen molar-refractivity contribution < 1.29 is 9.90 Å². The predicted molar refractivity (Wildman–Crippen MR) is 54.6 cm³/mol. The third kappa shape index (κ3) is 4.18. The summed E-state index contributed by atoms with van der Waals surface area (Å²) in [5.74, 6) is 0.0276. The van der Waals surface area contributed by atoms with Crippen molar-refractivity contribution in [3.63, 3.8) is 0 Å². The van der Waals surface area contributed by atoms with Crippen LogP contribution in [0.2, 0.25) is 0 Å². The van der Waals surface area contributed by atoms with Crippen molar-refractivity contribution in [3.05, 3.63) is 5.82 Å². The number of aromatic nitrogens is 2. The first-order chi connectivity index (χ1) is 6.68. The average molecular weight is 215 g/mol. The molecule has 14 heavy (non-hydrogen) atoms. The summed E-state index contributed by atoms with van der Waals surface area (Å²) in [6.45, 7) is 2.59. The van der Waals surface area contributed by atoms with Crippen LogP contribution in [0.4, 0.5) is 5.13 Å². The van der Waals surface area contributed by atoms with E-state index >= 15 is 0 Å². The Bertz CT molecular complexity index is 301. The molecule has 0 aromatic carbocycles. The van der Waals surface area contributed by atoms with Gasteiger partial charge in [-0.25, -0.2) is 4.98 Å². The fraction of sp³-hybridized carbons (Fsp3) is 0.625. The number of hydrogen-bond acceptors (Lipinski definition) is 5. The summed E-state index contributed by atoms with van der Waals surface area (Å²) in [6.07, 6.45) is 1.77. The van der Waals surface area contributed by atoms with Gasteiger partial charge in [-0.05, 0) is 19.8 Å². The van der Waals surface area contributed by atoms with Crippen LogP contribution in [0.15, 0.2) is 0 Å². The summed E-state index contributed by atoms with van der Waals surface area (Å²) in [5, 5.41) is 12.3. The normalized spacial score (nSPS) is 10.1. The van der Waals surface area contributed by atoms with Gasteiger partial charge in [-0.15, -0.1) is 0 Å². The number of rotatable bonds is 6. The number of carbonyl (C=O) groups is 1. The first-order valence-corrected chi connectivity index (χ1v) is 5.22. The number of unbranched alkanes of at least 4 members (excludes halogenated alkanes) is 1. The fourth-order valence-electron chi connectivity index (χ4n) is 0.965. The molecule has 0 atom stereocenters. The van der Waals surface area contributed by atoms with Crippen LogP contribution in [0.5, 0.6) is 0 Å². The number of nitrogens with zero attached hydrogens (tertiary/aromatic N) is 2. The molecular weight excluding hydrogens is 202 g/mol. The summed E-state index contributed by atoms with van der Waals surface area (Å²) >= 11 is 1.33. The highest BCUT2D eigenvalue weighted by atomic mass is 32.1. The number of nitrogens with one attached hydrogen (secondary N) is 1. The Morgan fingerprint density at radius 1 is 1.57 bits per heavy atom. The van der Waals surface area contributed by atoms with Crippen molar-refractivity contribution in [2.75, 3.05) is 11.9 Å². The van der Waals surface area contributed by atoms with Gasteiger partial charge in [0.05, 0.1) is 0 Å². The van der Waals surface area contributed by atoms with Gasteiger partial charge in [-0.3, -0.25) is 4.79 Å². The maximum atomic E-state index is 10.2. The second kappa shape index (κ2) is 5.54. The molecule has 0 amide bonds. The number of anilines is 1. The zero-order valence-corrected chi connectivity index (χ0v) is 8.80. The largest absolute Gasteiger partial charge is 0.481 e. The van der Waals surface area contributed by atoms with Gasteiger partial charge in [0.15, 0.2) is 0 Å². The molecule has 1 heterocycles. The van der Waals surface area contributed by atoms with Crippen molar-refractivity contribution in [1.82, 2.24) is 9.36 Å². The lowest BCUT2D eigenvalue weighted by Gasteiger charge is -1.99. The summed E-state index contributed by atoms with van der Waals surface area (Å²) in [6, 6.07) is 0. The molecule has 0 aliphatic carbocycles. The minimum Gasteiger partial charge on any atom is -0.481 e. The number of hydrogen-bond donors (Lipinski definition) is 2. The topological polar surface area (TPSA) is 75.1 Å². The number of aryl methyl sites for hydroxylation is 1. The molecule has 1 aromatic heterocycles. The van der Waals surface area contributed by atoms with Crippen molar-refractivity contribution in [1.29, 1.82) is 0 Å². The van der Waals surface area contributed by atoms with Crippen LogP contribution in [-0.4, -0.2) is 27.0 Å². The molecule has 5 nitrogen and oxygen atoms in total. The van der Waals surface area contributed by atoms with Gasteiger partial charge >= 0.3 is 5.97 Å². The van der Waals surface area contributed by atoms with E-state index in [1.165, 1.54) is 11.5 Å². The van der Waals surface area contributed by atoms with Gasteiger partial charge in [-0.2, -0.15) is 4.37 Å². The van der Waals surface area contributed by atoms with Gasteiger partial charge in [0, 0.05) is 24.5 Å². The first kappa shape index (κ1) is 10.9. The zero-order chi connectivity index (χ0) is 10.4. The Balaban J connectivity index is 2.07. The predicted octanol–water partition coefficient (Wildman–Crippen LogP) is 1.51. The van der Waals surface area contributed by atoms with E-state index in [9.17, 15) is 4.79 Å². The molecule has 0 aliphatic rings. The SMILES string of the molecule is Cc1nsc(NCCCCC(=O)O)n1. The monoisotopic (exact) mass is 215 g/mol. The second-order valence-corrected chi connectivity index (χ2v) is 3.68. The number of carboxylic acid groups (broad SMARTS) is 1. The van der Waals surface area contributed by atoms with E-state index < -0.39 is 5.97 Å². The van der Waals surface area contributed by atoms with Crippen LogP contribution in [0.25, 0.3) is 0 Å². The van der Waals surface area contributed by atoms with Gasteiger partial charge in [-0.1, -0.05) is 0 Å². The van der Waals surface area contributed by atoms with E-state index in [0.29, 0.717) is 6.42 Å². The Labute approximate surface area is 86.3 Å². The van der Waals surface area contributed by atoms with Crippen LogP contribution in [0.3, 0.4) is 0 Å². The standard InChI is InChI=1S/C8H13N3O2S/c1-6-10-8(14-11-6)9-5-3-2-4-7(12)13/h2-5H2,1H3,(H,12,13)(H,9,10,11). The van der Waals surface area contributed by atoms with E-state index in [2.05, 4.69) is 14.7 Å². The fourth-order valence-corrected chi connectivity index (χ4v) is 1.56. The quantitative estimate of drug-likeness (QED) is 0.703. The summed E-state index contributed by atoms with van der Waals surface area (Å²) in [5.41, 5.74) is 0. The van der Waals surface area contributed by atoms with Crippen LogP contribution in [-0.2, 0) is 4.79 Å². The highest BCUT2D eigenvalue weighted by molar-refractivity contribution is 7.09. The molecule has 78 valence electrons. The number of carboxylic acids is 1. The maximum Gasteiger partial charge on any atom is 0.303 e. The lowest BCUT2D eigenvalue weighted by molar-refractivity contribution is -0.137. The van der Waals surface area contributed by atoms with Crippen LogP contribution < -0.4 is 5.32 Å². The van der Waals surface area contributed by atoms with Crippen LogP contribution in [0, 0.1) is 6.92 Å². The molecule has 1 aromatic rings. The molecular formula is C8H13N3O2S. The van der Waals surface area contributed by atoms with Crippen LogP contribution >= 0.6 is 11.5 Å². The van der Waals surface area contributed by atoms with Gasteiger partial charge in [0.2, 0.25) is 5.13 Å². The van der Waals surface area contributed by atoms with E-state index in [-0.39, 0.29) is 6.42 Å². The molecule has 0 bridgehead atoms. The van der Waals surface area contributed by atoms with Gasteiger partial charge in [0.1, 0.15) is 5.82 Å². The van der Waals surface area contributed by atoms with Crippen LogP contribution in [0.1, 0.15) is 25.1 Å². The van der Waals surface area contributed by atoms with Crippen molar-refractivity contribution >= 4 is 22.6 Å². The molecule has 0 saturated carbocycles. The maximum absolute atomic E-state index is 10.2. The van der Waals surface area contributed by atoms with E-state index in [1.807, 2.05) is 6.92 Å². The number of aliphatic carboxylic acids is 1. The molecule has 0 unspecified atom stereocenters. The van der Waals surface area contributed by atoms with Crippen molar-refractivity contribution in [3.8, 4) is 0 Å². The first-order valence-electron chi connectivity index (χ1n) is 4.44. The van der Waals surface area contributed by atoms with Crippen molar-refractivity contribution in [2.24, 2.45) is 0 Å². The zero-order valence-electron chi connectivity index (χ0n) is 7.99. The van der Waals surface area contributed by atoms with Gasteiger partial charge < -0.3 is 10.4 Å². The highest BCUT2D eigenvalue weighted by Crippen LogP contribution is 2.09. The second-order valence-electron chi connectivity index (χ2n) is 2.92. The molecule has 0 saturated heterocycles. The molecule has 0 radical (unpaired) electrons. The molecule has 6 heteroatoms. The summed E-state index contributed by atoms with van der Waals surface area (Å²) in [4.78, 5) is 14.3. The lowest BCUT2D eigenvalue weighted by atomic mass is 10.2. The lowest BCUT2D eigenvalue weighted by Crippen LogP contribution is -2.02. The summed E-state index contributed by atoms with van der Waals surface area (Å²) < 4.78 is 4.02. The molecule has 1 rings (SSSR count). The minimum absolute atomic E-state index is 0.233. The Morgan fingerprint density at radius 3 is 2.93 bits per heavy atom. The van der Waals surface area contributed by atoms with E-state index in [1.54, 1.807) is 0 Å². The molecule has 0 aliphatic heterocycles. The molecule has 2 N–H and O–H groups in total. The Kier molecular flexibility index (Phi) is 4.31. The van der Waals surface area contributed by atoms with E-state index in [0.717, 1.165) is 23.9 Å². The third-order valence-electron chi connectivity index (χ3n) is 1.62. The molecule has 0 fully saturated rings. The summed E-state index contributed by atoms with van der Waals surface area (Å²) in [7, 11) is 0. The van der Waals surface area contributed by atoms with E-state index in [4.69, 9.17) is 5.11 Å². The highest BCUT2D eigenvalue weighted by Gasteiger charge is 1.99. The van der Waals surface area contributed by atoms with Gasteiger partial charge in [0.25, 0.3) is 0 Å². The minimum atomic E-state index is -0.739.